The van der Waals surface area contributed by atoms with Crippen LogP contribution >= 0.6 is 11.8 Å². The molecule has 1 nitrogen and oxygen atoms in total. The van der Waals surface area contributed by atoms with E-state index in [0.29, 0.717) is 17.0 Å². The second-order valence-corrected chi connectivity index (χ2v) is 6.18. The van der Waals surface area contributed by atoms with Gasteiger partial charge in [-0.1, -0.05) is 27.7 Å². The molecule has 0 aliphatic carbocycles. The molecular formula is C12H24OS. The highest BCUT2D eigenvalue weighted by atomic mass is 32.2. The summed E-state index contributed by atoms with van der Waals surface area (Å²) in [6.45, 7) is 8.74. The SMILES string of the molecule is CC(C)CCC(=O)CCCSC(C)C. The van der Waals surface area contributed by atoms with Crippen molar-refractivity contribution in [3.8, 4) is 0 Å². The van der Waals surface area contributed by atoms with Crippen molar-refractivity contribution in [2.45, 2.75) is 58.6 Å². The fourth-order valence-electron chi connectivity index (χ4n) is 1.16. The van der Waals surface area contributed by atoms with Gasteiger partial charge in [0.2, 0.25) is 0 Å². The molecule has 0 unspecified atom stereocenters. The summed E-state index contributed by atoms with van der Waals surface area (Å²) in [6.07, 6.45) is 3.67. The Kier molecular flexibility index (Phi) is 8.35. The summed E-state index contributed by atoms with van der Waals surface area (Å²) in [4.78, 5) is 11.4. The molecule has 0 aromatic heterocycles. The summed E-state index contributed by atoms with van der Waals surface area (Å²) in [5.41, 5.74) is 0. The molecule has 0 radical (unpaired) electrons. The van der Waals surface area contributed by atoms with Gasteiger partial charge < -0.3 is 0 Å². The van der Waals surface area contributed by atoms with Crippen molar-refractivity contribution in [1.29, 1.82) is 0 Å². The molecule has 2 heteroatoms. The van der Waals surface area contributed by atoms with Crippen LogP contribution in [0.25, 0.3) is 0 Å². The lowest BCUT2D eigenvalue weighted by Crippen LogP contribution is -2.01. The van der Waals surface area contributed by atoms with Crippen LogP contribution in [0.3, 0.4) is 0 Å². The third kappa shape index (κ3) is 10.1. The van der Waals surface area contributed by atoms with Gasteiger partial charge >= 0.3 is 0 Å². The van der Waals surface area contributed by atoms with Gasteiger partial charge in [0.1, 0.15) is 5.78 Å². The highest BCUT2D eigenvalue weighted by molar-refractivity contribution is 7.99. The Morgan fingerprint density at radius 2 is 1.79 bits per heavy atom. The lowest BCUT2D eigenvalue weighted by atomic mass is 10.0. The monoisotopic (exact) mass is 216 g/mol. The second kappa shape index (κ2) is 8.34. The van der Waals surface area contributed by atoms with Crippen LogP contribution < -0.4 is 0 Å². The smallest absolute Gasteiger partial charge is 0.132 e. The highest BCUT2D eigenvalue weighted by Crippen LogP contribution is 2.13. The molecule has 0 rings (SSSR count). The molecule has 0 amide bonds. The van der Waals surface area contributed by atoms with Gasteiger partial charge in [0.15, 0.2) is 0 Å². The molecule has 0 bridgehead atoms. The van der Waals surface area contributed by atoms with Gasteiger partial charge in [-0.05, 0) is 29.8 Å². The summed E-state index contributed by atoms with van der Waals surface area (Å²) >= 11 is 1.95. The number of hydrogen-bond donors (Lipinski definition) is 0. The maximum atomic E-state index is 11.4. The van der Waals surface area contributed by atoms with E-state index in [1.807, 2.05) is 11.8 Å². The normalized spacial score (nSPS) is 11.3. The van der Waals surface area contributed by atoms with E-state index in [2.05, 4.69) is 27.7 Å². The Bertz CT molecular complexity index is 152. The number of ketones is 1. The Balaban J connectivity index is 3.27. The molecule has 0 atom stereocenters. The van der Waals surface area contributed by atoms with E-state index in [9.17, 15) is 4.79 Å². The van der Waals surface area contributed by atoms with Crippen molar-refractivity contribution in [3.05, 3.63) is 0 Å². The van der Waals surface area contributed by atoms with Gasteiger partial charge in [0, 0.05) is 12.8 Å². The summed E-state index contributed by atoms with van der Waals surface area (Å²) in [5.74, 6) is 2.23. The number of carbonyl (C=O) groups is 1. The van der Waals surface area contributed by atoms with Crippen molar-refractivity contribution in [2.24, 2.45) is 5.92 Å². The van der Waals surface area contributed by atoms with Crippen LogP contribution in [0.15, 0.2) is 0 Å². The zero-order valence-electron chi connectivity index (χ0n) is 10.0. The molecule has 0 heterocycles. The Morgan fingerprint density at radius 1 is 1.14 bits per heavy atom. The summed E-state index contributed by atoms with van der Waals surface area (Å²) in [6, 6.07) is 0. The van der Waals surface area contributed by atoms with E-state index in [4.69, 9.17) is 0 Å². The van der Waals surface area contributed by atoms with Crippen LogP contribution in [-0.2, 0) is 4.79 Å². The minimum atomic E-state index is 0.447. The average molecular weight is 216 g/mol. The van der Waals surface area contributed by atoms with Gasteiger partial charge in [-0.25, -0.2) is 0 Å². The van der Waals surface area contributed by atoms with Crippen LogP contribution in [0, 0.1) is 5.92 Å². The van der Waals surface area contributed by atoms with E-state index < -0.39 is 0 Å². The maximum Gasteiger partial charge on any atom is 0.132 e. The zero-order chi connectivity index (χ0) is 11.0. The van der Waals surface area contributed by atoms with Crippen molar-refractivity contribution in [2.75, 3.05) is 5.75 Å². The fraction of sp³-hybridized carbons (Fsp3) is 0.917. The molecule has 84 valence electrons. The topological polar surface area (TPSA) is 17.1 Å². The van der Waals surface area contributed by atoms with Gasteiger partial charge in [-0.2, -0.15) is 11.8 Å². The second-order valence-electron chi connectivity index (χ2n) is 4.49. The van der Waals surface area contributed by atoms with E-state index in [-0.39, 0.29) is 0 Å². The van der Waals surface area contributed by atoms with E-state index in [1.54, 1.807) is 0 Å². The molecule has 0 fully saturated rings. The van der Waals surface area contributed by atoms with E-state index in [0.717, 1.165) is 31.4 Å². The first-order valence-corrected chi connectivity index (χ1v) is 6.70. The van der Waals surface area contributed by atoms with Crippen molar-refractivity contribution < 1.29 is 4.79 Å². The van der Waals surface area contributed by atoms with Crippen LogP contribution in [0.4, 0.5) is 0 Å². The van der Waals surface area contributed by atoms with E-state index >= 15 is 0 Å². The molecule has 0 aliphatic rings. The third-order valence-electron chi connectivity index (χ3n) is 2.05. The number of Topliss-reactive ketones (excluding diaryl/α,β-unsaturated/α-hetero) is 1. The van der Waals surface area contributed by atoms with Gasteiger partial charge in [-0.3, -0.25) is 4.79 Å². The quantitative estimate of drug-likeness (QED) is 0.572. The first-order valence-electron chi connectivity index (χ1n) is 5.65. The Hall–Kier alpha value is 0.0200. The maximum absolute atomic E-state index is 11.4. The minimum absolute atomic E-state index is 0.447. The Morgan fingerprint density at radius 3 is 2.29 bits per heavy atom. The Labute approximate surface area is 93.0 Å². The average Bonchev–Trinajstić information content (AvgIpc) is 2.08. The fourth-order valence-corrected chi connectivity index (χ4v) is 1.95. The van der Waals surface area contributed by atoms with Crippen LogP contribution in [0.2, 0.25) is 0 Å². The zero-order valence-corrected chi connectivity index (χ0v) is 10.8. The van der Waals surface area contributed by atoms with Crippen LogP contribution in [0.5, 0.6) is 0 Å². The minimum Gasteiger partial charge on any atom is -0.300 e. The van der Waals surface area contributed by atoms with Gasteiger partial charge in [0.25, 0.3) is 0 Å². The lowest BCUT2D eigenvalue weighted by Gasteiger charge is -2.05. The van der Waals surface area contributed by atoms with E-state index in [1.165, 1.54) is 0 Å². The molecular weight excluding hydrogens is 192 g/mol. The molecule has 0 aromatic rings. The number of carbonyl (C=O) groups excluding carboxylic acids is 1. The summed E-state index contributed by atoms with van der Waals surface area (Å²) < 4.78 is 0. The largest absolute Gasteiger partial charge is 0.300 e. The van der Waals surface area contributed by atoms with Gasteiger partial charge in [-0.15, -0.1) is 0 Å². The third-order valence-corrected chi connectivity index (χ3v) is 3.24. The summed E-state index contributed by atoms with van der Waals surface area (Å²) in [5, 5.41) is 0.695. The molecule has 0 N–H and O–H groups in total. The van der Waals surface area contributed by atoms with Crippen LogP contribution in [-0.4, -0.2) is 16.8 Å². The first kappa shape index (κ1) is 14.0. The van der Waals surface area contributed by atoms with Crippen LogP contribution in [0.1, 0.15) is 53.4 Å². The first-order chi connectivity index (χ1) is 6.52. The predicted octanol–water partition coefficient (Wildman–Crippen LogP) is 3.91. The molecule has 0 saturated carbocycles. The standard InChI is InChI=1S/C12H24OS/c1-10(2)7-8-12(13)6-5-9-14-11(3)4/h10-11H,5-9H2,1-4H3. The van der Waals surface area contributed by atoms with Crippen molar-refractivity contribution >= 4 is 17.5 Å². The molecule has 0 spiro atoms. The summed E-state index contributed by atoms with van der Waals surface area (Å²) in [7, 11) is 0. The van der Waals surface area contributed by atoms with Crippen molar-refractivity contribution in [3.63, 3.8) is 0 Å². The molecule has 0 saturated heterocycles. The lowest BCUT2D eigenvalue weighted by molar-refractivity contribution is -0.119. The molecule has 14 heavy (non-hydrogen) atoms. The number of thioether (sulfide) groups is 1. The molecule has 0 aromatic carbocycles. The van der Waals surface area contributed by atoms with Crippen molar-refractivity contribution in [1.82, 2.24) is 0 Å². The van der Waals surface area contributed by atoms with Gasteiger partial charge in [0.05, 0.1) is 0 Å². The molecule has 0 aliphatic heterocycles. The number of hydrogen-bond acceptors (Lipinski definition) is 2. The highest BCUT2D eigenvalue weighted by Gasteiger charge is 2.03. The predicted molar refractivity (Wildman–Crippen MR) is 65.9 cm³/mol. The number of rotatable bonds is 8.